The Kier molecular flexibility index (Phi) is 9.11. The molecule has 21 heavy (non-hydrogen) atoms. The maximum absolute atomic E-state index is 10.8. The van der Waals surface area contributed by atoms with Crippen LogP contribution < -0.4 is 16.4 Å². The molecule has 0 bridgehead atoms. The lowest BCUT2D eigenvalue weighted by Crippen LogP contribution is -2.41. The highest BCUT2D eigenvalue weighted by atomic mass is 32.1. The van der Waals surface area contributed by atoms with Gasteiger partial charge in [-0.2, -0.15) is 0 Å². The van der Waals surface area contributed by atoms with E-state index in [1.54, 1.807) is 19.1 Å². The predicted molar refractivity (Wildman–Crippen MR) is 89.5 cm³/mol. The van der Waals surface area contributed by atoms with Gasteiger partial charge in [0.2, 0.25) is 0 Å². The fraction of sp³-hybridized carbons (Fsp3) is 0.357. The Morgan fingerprint density at radius 1 is 1.48 bits per heavy atom. The number of thiocarbonyl (C=S) groups is 1. The fourth-order valence-corrected chi connectivity index (χ4v) is 1.51. The van der Waals surface area contributed by atoms with Crippen LogP contribution in [-0.4, -0.2) is 47.5 Å². The summed E-state index contributed by atoms with van der Waals surface area (Å²) in [5.74, 6) is -0.871. The van der Waals surface area contributed by atoms with E-state index >= 15 is 0 Å². The van der Waals surface area contributed by atoms with Crippen LogP contribution in [0.4, 0.5) is 0 Å². The summed E-state index contributed by atoms with van der Waals surface area (Å²) in [4.78, 5) is 10.8. The van der Waals surface area contributed by atoms with Gasteiger partial charge in [0, 0.05) is 19.1 Å². The van der Waals surface area contributed by atoms with Gasteiger partial charge in [0.15, 0.2) is 5.71 Å². The number of carbonyl (C=O) groups excluding carboxylic acids is 1. The first-order chi connectivity index (χ1) is 9.79. The van der Waals surface area contributed by atoms with E-state index in [-0.39, 0.29) is 17.6 Å². The molecule has 6 nitrogen and oxygen atoms in total. The summed E-state index contributed by atoms with van der Waals surface area (Å²) in [5, 5.41) is 21.8. The minimum atomic E-state index is -0.871. The molecular formula is C14H22N4O2S. The molecule has 1 atom stereocenters. The molecule has 0 aliphatic heterocycles. The number of carbonyl (C=O) groups is 1. The largest absolute Gasteiger partial charge is 0.395 e. The van der Waals surface area contributed by atoms with Crippen LogP contribution in [0.15, 0.2) is 36.5 Å². The first-order valence-electron chi connectivity index (χ1n) is 6.35. The molecule has 0 aliphatic carbocycles. The van der Waals surface area contributed by atoms with Crippen molar-refractivity contribution in [3.8, 4) is 0 Å². The Hall–Kier alpha value is -1.83. The van der Waals surface area contributed by atoms with E-state index in [4.69, 9.17) is 28.5 Å². The highest BCUT2D eigenvalue weighted by Crippen LogP contribution is 2.03. The minimum absolute atomic E-state index is 0.00649. The van der Waals surface area contributed by atoms with Crippen molar-refractivity contribution >= 4 is 28.8 Å². The van der Waals surface area contributed by atoms with Crippen LogP contribution in [-0.2, 0) is 4.79 Å². The maximum Gasteiger partial charge on any atom is 0.269 e. The van der Waals surface area contributed by atoms with E-state index in [1.165, 1.54) is 0 Å². The Morgan fingerprint density at radius 2 is 2.10 bits per heavy atom. The summed E-state index contributed by atoms with van der Waals surface area (Å²) >= 11 is 4.90. The van der Waals surface area contributed by atoms with Crippen molar-refractivity contribution < 1.29 is 9.90 Å². The quantitative estimate of drug-likeness (QED) is 0.169. The highest BCUT2D eigenvalue weighted by molar-refractivity contribution is 7.82. The van der Waals surface area contributed by atoms with Crippen molar-refractivity contribution in [2.75, 3.05) is 19.7 Å². The van der Waals surface area contributed by atoms with Gasteiger partial charge in [-0.05, 0) is 18.1 Å². The molecule has 0 aliphatic rings. The molecule has 7 heteroatoms. The van der Waals surface area contributed by atoms with Crippen LogP contribution in [0.25, 0.3) is 0 Å². The van der Waals surface area contributed by atoms with E-state index in [9.17, 15) is 4.79 Å². The third kappa shape index (κ3) is 8.13. The summed E-state index contributed by atoms with van der Waals surface area (Å²) in [7, 11) is 0. The van der Waals surface area contributed by atoms with Crippen molar-refractivity contribution in [1.82, 2.24) is 10.6 Å². The molecule has 1 unspecified atom stereocenters. The molecule has 6 N–H and O–H groups in total. The van der Waals surface area contributed by atoms with E-state index < -0.39 is 11.6 Å². The molecule has 0 saturated carbocycles. The Morgan fingerprint density at radius 3 is 2.62 bits per heavy atom. The molecule has 0 aromatic rings. The van der Waals surface area contributed by atoms with Gasteiger partial charge in [-0.15, -0.1) is 0 Å². The van der Waals surface area contributed by atoms with Crippen molar-refractivity contribution in [1.29, 1.82) is 5.41 Å². The number of amides is 1. The number of aliphatic hydroxyl groups excluding tert-OH is 1. The number of aliphatic hydroxyl groups is 1. The number of nitrogens with one attached hydrogen (secondary N) is 3. The van der Waals surface area contributed by atoms with Gasteiger partial charge in [0.1, 0.15) is 4.99 Å². The molecule has 116 valence electrons. The lowest BCUT2D eigenvalue weighted by molar-refractivity contribution is -0.111. The van der Waals surface area contributed by atoms with Crippen LogP contribution >= 0.6 is 12.2 Å². The number of hydrogen-bond acceptors (Lipinski definition) is 5. The summed E-state index contributed by atoms with van der Waals surface area (Å²) in [5.41, 5.74) is 6.11. The third-order valence-electron chi connectivity index (χ3n) is 2.55. The first kappa shape index (κ1) is 19.2. The molecule has 0 saturated heterocycles. The summed E-state index contributed by atoms with van der Waals surface area (Å²) in [6, 6.07) is -0.244. The zero-order valence-corrected chi connectivity index (χ0v) is 12.9. The Labute approximate surface area is 130 Å². The SMILES string of the molecule is C=C(/C=C\C(=C)C(C)NC(=S)C(=N)C(N)=O)CNCCO. The van der Waals surface area contributed by atoms with Crippen molar-refractivity contribution in [3.63, 3.8) is 0 Å². The zero-order valence-electron chi connectivity index (χ0n) is 12.1. The summed E-state index contributed by atoms with van der Waals surface area (Å²) < 4.78 is 0. The Balaban J connectivity index is 4.33. The summed E-state index contributed by atoms with van der Waals surface area (Å²) in [6.45, 7) is 10.7. The van der Waals surface area contributed by atoms with Crippen LogP contribution in [0.1, 0.15) is 6.92 Å². The lowest BCUT2D eigenvalue weighted by Gasteiger charge is -2.16. The van der Waals surface area contributed by atoms with Gasteiger partial charge in [0.05, 0.1) is 6.61 Å². The molecule has 0 radical (unpaired) electrons. The topological polar surface area (TPSA) is 111 Å². The molecular weight excluding hydrogens is 288 g/mol. The van der Waals surface area contributed by atoms with Gasteiger partial charge < -0.3 is 21.5 Å². The molecule has 1 amide bonds. The van der Waals surface area contributed by atoms with Gasteiger partial charge >= 0.3 is 0 Å². The van der Waals surface area contributed by atoms with Crippen LogP contribution in [0, 0.1) is 5.41 Å². The lowest BCUT2D eigenvalue weighted by atomic mass is 10.1. The first-order valence-corrected chi connectivity index (χ1v) is 6.75. The standard InChI is InChI=1S/C14H22N4O2S/c1-9(8-17-6-7-19)4-5-10(2)11(3)18-14(21)12(15)13(16)20/h4-5,11,15,17,19H,1-2,6-8H2,3H3,(H2,16,20)(H,18,21)/b5-4-,15-12?. The molecule has 0 aromatic heterocycles. The van der Waals surface area contributed by atoms with Gasteiger partial charge in [-0.25, -0.2) is 0 Å². The fourth-order valence-electron chi connectivity index (χ4n) is 1.23. The average molecular weight is 310 g/mol. The number of primary amides is 1. The van der Waals surface area contributed by atoms with Crippen LogP contribution in [0.2, 0.25) is 0 Å². The number of nitrogens with two attached hydrogens (primary N) is 1. The van der Waals surface area contributed by atoms with Gasteiger partial charge in [0.25, 0.3) is 5.91 Å². The van der Waals surface area contributed by atoms with E-state index in [2.05, 4.69) is 23.8 Å². The smallest absolute Gasteiger partial charge is 0.269 e. The van der Waals surface area contributed by atoms with Gasteiger partial charge in [-0.3, -0.25) is 10.2 Å². The van der Waals surface area contributed by atoms with E-state index in [0.717, 1.165) is 11.1 Å². The van der Waals surface area contributed by atoms with Crippen molar-refractivity contribution in [3.05, 3.63) is 36.5 Å². The van der Waals surface area contributed by atoms with Gasteiger partial charge in [-0.1, -0.05) is 37.5 Å². The van der Waals surface area contributed by atoms with E-state index in [1.807, 2.05) is 0 Å². The maximum atomic E-state index is 10.8. The van der Waals surface area contributed by atoms with Crippen LogP contribution in [0.5, 0.6) is 0 Å². The number of hydrogen-bond donors (Lipinski definition) is 5. The number of rotatable bonds is 10. The normalized spacial score (nSPS) is 11.9. The second-order valence-electron chi connectivity index (χ2n) is 4.40. The second kappa shape index (κ2) is 9.98. The zero-order chi connectivity index (χ0) is 16.4. The highest BCUT2D eigenvalue weighted by Gasteiger charge is 2.13. The van der Waals surface area contributed by atoms with Crippen molar-refractivity contribution in [2.24, 2.45) is 5.73 Å². The average Bonchev–Trinajstić information content (AvgIpc) is 2.43. The third-order valence-corrected chi connectivity index (χ3v) is 2.87. The minimum Gasteiger partial charge on any atom is -0.395 e. The predicted octanol–water partition coefficient (Wildman–Crippen LogP) is 0.0475. The summed E-state index contributed by atoms with van der Waals surface area (Å²) in [6.07, 6.45) is 3.57. The molecule has 0 aromatic carbocycles. The molecule has 0 rings (SSSR count). The monoisotopic (exact) mass is 310 g/mol. The van der Waals surface area contributed by atoms with Crippen LogP contribution in [0.3, 0.4) is 0 Å². The molecule has 0 heterocycles. The van der Waals surface area contributed by atoms with Crippen molar-refractivity contribution in [2.45, 2.75) is 13.0 Å². The molecule has 0 fully saturated rings. The second-order valence-corrected chi connectivity index (χ2v) is 4.81. The Bertz CT molecular complexity index is 472. The van der Waals surface area contributed by atoms with E-state index in [0.29, 0.717) is 13.1 Å². The molecule has 0 spiro atoms.